The van der Waals surface area contributed by atoms with Crippen LogP contribution in [0, 0.1) is 0 Å². The average molecular weight is 197 g/mol. The van der Waals surface area contributed by atoms with Crippen molar-refractivity contribution in [2.75, 3.05) is 0 Å². The van der Waals surface area contributed by atoms with Crippen LogP contribution in [0.3, 0.4) is 0 Å². The Morgan fingerprint density at radius 3 is 2.09 bits per heavy atom. The van der Waals surface area contributed by atoms with E-state index in [2.05, 4.69) is 4.65 Å². The summed E-state index contributed by atoms with van der Waals surface area (Å²) in [6, 6.07) is 8.59. The van der Waals surface area contributed by atoms with Crippen molar-refractivity contribution < 1.29 is 31.5 Å². The van der Waals surface area contributed by atoms with Crippen LogP contribution in [0.5, 0.6) is 5.75 Å². The van der Waals surface area contributed by atoms with Crippen LogP contribution in [0.2, 0.25) is 0 Å². The molecule has 0 aliphatic carbocycles. The van der Waals surface area contributed by atoms with Gasteiger partial charge in [-0.05, 0) is 12.1 Å². The van der Waals surface area contributed by atoms with Gasteiger partial charge in [0.25, 0.3) is 0 Å². The fourth-order valence-electron chi connectivity index (χ4n) is 0.621. The maximum Gasteiger partial charge on any atom is 0.707 e. The Hall–Kier alpha value is -0.489. The molecule has 11 heavy (non-hydrogen) atoms. The van der Waals surface area contributed by atoms with E-state index in [1.54, 1.807) is 24.3 Å². The van der Waals surface area contributed by atoms with Crippen molar-refractivity contribution in [2.24, 2.45) is 0 Å². The second-order valence-corrected chi connectivity index (χ2v) is 1.76. The largest absolute Gasteiger partial charge is 0.707 e. The smallest absolute Gasteiger partial charge is 0.512 e. The van der Waals surface area contributed by atoms with E-state index < -0.39 is 7.32 Å². The van der Waals surface area contributed by atoms with E-state index in [0.717, 1.165) is 0 Å². The molecule has 0 atom stereocenters. The summed E-state index contributed by atoms with van der Waals surface area (Å²) < 4.78 is 4.53. The fourth-order valence-corrected chi connectivity index (χ4v) is 0.621. The molecule has 0 bridgehead atoms. The Kier molecular flexibility index (Phi) is 4.97. The molecule has 1 radical (unpaired) electrons. The molecule has 0 saturated carbocycles. The maximum absolute atomic E-state index is 8.34. The van der Waals surface area contributed by atoms with Crippen LogP contribution in [0.1, 0.15) is 0 Å². The molecule has 3 nitrogen and oxygen atoms in total. The Labute approximate surface area is 75.4 Å². The fraction of sp³-hybridized carbons (Fsp3) is 0. The summed E-state index contributed by atoms with van der Waals surface area (Å²) >= 11 is 0. The van der Waals surface area contributed by atoms with Crippen LogP contribution in [0.25, 0.3) is 0 Å². The molecule has 2 N–H and O–H groups in total. The van der Waals surface area contributed by atoms with Gasteiger partial charge in [-0.3, -0.25) is 0 Å². The Bertz CT molecular complexity index is 192. The Morgan fingerprint density at radius 1 is 1.09 bits per heavy atom. The number of hydrogen-bond acceptors (Lipinski definition) is 3. The van der Waals surface area contributed by atoms with Gasteiger partial charge < -0.3 is 14.7 Å². The zero-order valence-corrected chi connectivity index (χ0v) is 6.64. The molecule has 0 fully saturated rings. The van der Waals surface area contributed by atoms with E-state index in [1.807, 2.05) is 6.07 Å². The van der Waals surface area contributed by atoms with Crippen LogP contribution in [-0.4, -0.2) is 17.4 Å². The number of benzene rings is 1. The van der Waals surface area contributed by atoms with Crippen molar-refractivity contribution in [3.8, 4) is 5.75 Å². The van der Waals surface area contributed by atoms with E-state index in [1.165, 1.54) is 0 Å². The molecule has 0 heterocycles. The SMILES string of the molecule is OB(O)Oc1ccccc1.[Co]. The number of hydrogen-bond donors (Lipinski definition) is 2. The molecule has 0 aliphatic rings. The van der Waals surface area contributed by atoms with Gasteiger partial charge in [-0.15, -0.1) is 0 Å². The predicted octanol–water partition coefficient (Wildman–Crippen LogP) is 0.0324. The summed E-state index contributed by atoms with van der Waals surface area (Å²) in [6.45, 7) is 0. The van der Waals surface area contributed by atoms with Gasteiger partial charge >= 0.3 is 7.32 Å². The normalized spacial score (nSPS) is 8.18. The minimum atomic E-state index is -1.73. The summed E-state index contributed by atoms with van der Waals surface area (Å²) in [4.78, 5) is 0. The molecule has 0 saturated heterocycles. The maximum atomic E-state index is 8.34. The van der Waals surface area contributed by atoms with Crippen LogP contribution < -0.4 is 4.65 Å². The molecule has 0 aliphatic heterocycles. The molecule has 1 rings (SSSR count). The third kappa shape index (κ3) is 4.05. The van der Waals surface area contributed by atoms with Gasteiger partial charge in [0.15, 0.2) is 0 Å². The molecule has 0 unspecified atom stereocenters. The van der Waals surface area contributed by atoms with Crippen molar-refractivity contribution in [1.82, 2.24) is 0 Å². The first-order chi connectivity index (χ1) is 4.79. The summed E-state index contributed by atoms with van der Waals surface area (Å²) in [5.74, 6) is 0.442. The third-order valence-corrected chi connectivity index (χ3v) is 0.985. The van der Waals surface area contributed by atoms with Crippen LogP contribution in [0.15, 0.2) is 30.3 Å². The van der Waals surface area contributed by atoms with Crippen LogP contribution in [0.4, 0.5) is 0 Å². The van der Waals surface area contributed by atoms with Gasteiger partial charge in [-0.1, -0.05) is 18.2 Å². The van der Waals surface area contributed by atoms with Crippen LogP contribution >= 0.6 is 0 Å². The first-order valence-corrected chi connectivity index (χ1v) is 2.87. The van der Waals surface area contributed by atoms with Gasteiger partial charge in [0.05, 0.1) is 0 Å². The molecule has 0 amide bonds. The van der Waals surface area contributed by atoms with E-state index in [-0.39, 0.29) is 16.8 Å². The van der Waals surface area contributed by atoms with Crippen molar-refractivity contribution in [1.29, 1.82) is 0 Å². The average Bonchev–Trinajstić information content (AvgIpc) is 1.88. The van der Waals surface area contributed by atoms with Gasteiger partial charge in [-0.2, -0.15) is 0 Å². The third-order valence-electron chi connectivity index (χ3n) is 0.985. The summed E-state index contributed by atoms with van der Waals surface area (Å²) in [6.07, 6.45) is 0. The first-order valence-electron chi connectivity index (χ1n) is 2.87. The topological polar surface area (TPSA) is 49.7 Å². The monoisotopic (exact) mass is 197 g/mol. The summed E-state index contributed by atoms with van der Waals surface area (Å²) in [5, 5.41) is 16.7. The number of para-hydroxylation sites is 1. The van der Waals surface area contributed by atoms with E-state index in [9.17, 15) is 0 Å². The molecular formula is C6H7BCoO3. The standard InChI is InChI=1S/C6H7BO3.Co/c8-7(9)10-6-4-2-1-3-5-6;/h1-5,8-9H;. The van der Waals surface area contributed by atoms with Crippen molar-refractivity contribution in [3.63, 3.8) is 0 Å². The molecule has 0 spiro atoms. The minimum absolute atomic E-state index is 0. The van der Waals surface area contributed by atoms with Gasteiger partial charge in [0.1, 0.15) is 5.75 Å². The molecule has 5 heteroatoms. The molecule has 0 aromatic heterocycles. The quantitative estimate of drug-likeness (QED) is 0.657. The van der Waals surface area contributed by atoms with Crippen molar-refractivity contribution in [2.45, 2.75) is 0 Å². The second kappa shape index (κ2) is 5.20. The zero-order chi connectivity index (χ0) is 7.40. The van der Waals surface area contributed by atoms with Gasteiger partial charge in [0, 0.05) is 16.8 Å². The Morgan fingerprint density at radius 2 is 1.64 bits per heavy atom. The van der Waals surface area contributed by atoms with Crippen molar-refractivity contribution in [3.05, 3.63) is 30.3 Å². The number of rotatable bonds is 2. The molecular weight excluding hydrogens is 190 g/mol. The van der Waals surface area contributed by atoms with E-state index in [0.29, 0.717) is 5.75 Å². The minimum Gasteiger partial charge on any atom is -0.512 e. The van der Waals surface area contributed by atoms with Gasteiger partial charge in [0.2, 0.25) is 0 Å². The first kappa shape index (κ1) is 10.5. The summed E-state index contributed by atoms with van der Waals surface area (Å²) in [7, 11) is -1.73. The van der Waals surface area contributed by atoms with Gasteiger partial charge in [-0.25, -0.2) is 0 Å². The van der Waals surface area contributed by atoms with E-state index >= 15 is 0 Å². The summed E-state index contributed by atoms with van der Waals surface area (Å²) in [5.41, 5.74) is 0. The van der Waals surface area contributed by atoms with Crippen LogP contribution in [-0.2, 0) is 16.8 Å². The zero-order valence-electron chi connectivity index (χ0n) is 5.60. The second-order valence-electron chi connectivity index (χ2n) is 1.76. The van der Waals surface area contributed by atoms with E-state index in [4.69, 9.17) is 10.0 Å². The molecule has 1 aromatic carbocycles. The Balaban J connectivity index is 0.000001000. The molecule has 61 valence electrons. The predicted molar refractivity (Wildman–Crippen MR) is 37.3 cm³/mol. The van der Waals surface area contributed by atoms with Crippen molar-refractivity contribution >= 4 is 7.32 Å². The molecule has 1 aromatic rings.